The Morgan fingerprint density at radius 2 is 2.08 bits per heavy atom. The summed E-state index contributed by atoms with van der Waals surface area (Å²) in [5, 5.41) is 2.66. The first-order chi connectivity index (χ1) is 12.3. The molecular weight excluding hydrogens is 328 g/mol. The van der Waals surface area contributed by atoms with Gasteiger partial charge in [-0.25, -0.2) is 4.79 Å². The fourth-order valence-corrected chi connectivity index (χ4v) is 4.42. The normalized spacial score (nSPS) is 24.0. The van der Waals surface area contributed by atoms with Gasteiger partial charge in [-0.3, -0.25) is 4.79 Å². The molecule has 1 aromatic carbocycles. The van der Waals surface area contributed by atoms with Crippen LogP contribution in [-0.2, 0) is 9.53 Å². The lowest BCUT2D eigenvalue weighted by molar-refractivity contribution is -0.144. The number of nitrogens with one attached hydrogen (secondary N) is 1. The molecule has 140 valence electrons. The third kappa shape index (κ3) is 3.62. The average Bonchev–Trinajstić information content (AvgIpc) is 2.59. The van der Waals surface area contributed by atoms with E-state index in [1.807, 2.05) is 31.2 Å². The number of rotatable bonds is 6. The fourth-order valence-electron chi connectivity index (χ4n) is 4.42. The molecule has 5 heteroatoms. The number of urea groups is 1. The van der Waals surface area contributed by atoms with E-state index in [-0.39, 0.29) is 12.4 Å². The highest BCUT2D eigenvalue weighted by Gasteiger charge is 2.51. The number of nitrogens with two attached hydrogens (primary N) is 1. The molecule has 0 aromatic heterocycles. The molecule has 5 nitrogen and oxygen atoms in total. The summed E-state index contributed by atoms with van der Waals surface area (Å²) in [6, 6.07) is 6.50. The van der Waals surface area contributed by atoms with Crippen molar-refractivity contribution in [1.29, 1.82) is 0 Å². The molecule has 0 spiro atoms. The Bertz CT molecular complexity index is 739. The van der Waals surface area contributed by atoms with Gasteiger partial charge >= 0.3 is 12.0 Å². The largest absolute Gasteiger partial charge is 0.461 e. The predicted molar refractivity (Wildman–Crippen MR) is 100 cm³/mol. The van der Waals surface area contributed by atoms with Crippen LogP contribution >= 0.6 is 0 Å². The summed E-state index contributed by atoms with van der Waals surface area (Å²) in [4.78, 5) is 23.8. The molecule has 0 heterocycles. The van der Waals surface area contributed by atoms with Gasteiger partial charge in [0.05, 0.1) is 12.5 Å². The molecule has 0 aliphatic heterocycles. The number of hydrogen-bond acceptors (Lipinski definition) is 3. The Balaban J connectivity index is 1.61. The molecule has 1 fully saturated rings. The fraction of sp³-hybridized carbons (Fsp3) is 0.524. The van der Waals surface area contributed by atoms with Crippen molar-refractivity contribution in [2.45, 2.75) is 46.1 Å². The highest BCUT2D eigenvalue weighted by Crippen LogP contribution is 2.59. The van der Waals surface area contributed by atoms with Crippen molar-refractivity contribution < 1.29 is 14.3 Å². The maximum atomic E-state index is 12.4. The Morgan fingerprint density at radius 1 is 1.35 bits per heavy atom. The summed E-state index contributed by atoms with van der Waals surface area (Å²) in [6.07, 6.45) is 4.58. The van der Waals surface area contributed by atoms with Crippen molar-refractivity contribution in [3.8, 4) is 0 Å². The molecule has 3 aliphatic rings. The van der Waals surface area contributed by atoms with E-state index in [0.29, 0.717) is 17.9 Å². The van der Waals surface area contributed by atoms with E-state index in [0.717, 1.165) is 23.5 Å². The van der Waals surface area contributed by atoms with Gasteiger partial charge in [0.1, 0.15) is 6.61 Å². The minimum atomic E-state index is -0.650. The predicted octanol–water partition coefficient (Wildman–Crippen LogP) is 3.63. The second-order valence-electron chi connectivity index (χ2n) is 8.10. The zero-order valence-corrected chi connectivity index (χ0v) is 15.7. The SMILES string of the molecule is Cc1ccccc1C(CC(=O)OCC1=CC[C@H]2C[C@@H]1C2(C)C)NC(N)=O. The van der Waals surface area contributed by atoms with Crippen LogP contribution in [0.5, 0.6) is 0 Å². The van der Waals surface area contributed by atoms with Crippen molar-refractivity contribution in [2.24, 2.45) is 23.0 Å². The van der Waals surface area contributed by atoms with Gasteiger partial charge in [0.2, 0.25) is 0 Å². The van der Waals surface area contributed by atoms with Gasteiger partial charge in [0.25, 0.3) is 0 Å². The molecule has 1 aromatic rings. The standard InChI is InChI=1S/C21H28N2O3/c1-13-6-4-5-7-16(13)18(23-20(22)25)11-19(24)26-12-14-8-9-15-10-17(14)21(15,2)3/h4-8,15,17-18H,9-12H2,1-3H3,(H3,22,23,25)/t15-,17-,18?/m0/s1. The molecular formula is C21H28N2O3. The van der Waals surface area contributed by atoms with Gasteiger partial charge in [0.15, 0.2) is 0 Å². The first-order valence-electron chi connectivity index (χ1n) is 9.25. The van der Waals surface area contributed by atoms with Crippen molar-refractivity contribution in [3.63, 3.8) is 0 Å². The lowest BCUT2D eigenvalue weighted by Gasteiger charge is -2.56. The topological polar surface area (TPSA) is 81.4 Å². The van der Waals surface area contributed by atoms with Crippen LogP contribution in [0.3, 0.4) is 0 Å². The minimum Gasteiger partial charge on any atom is -0.461 e. The van der Waals surface area contributed by atoms with Crippen molar-refractivity contribution >= 4 is 12.0 Å². The van der Waals surface area contributed by atoms with E-state index < -0.39 is 12.1 Å². The Morgan fingerprint density at radius 3 is 2.69 bits per heavy atom. The van der Waals surface area contributed by atoms with E-state index in [1.165, 1.54) is 12.0 Å². The third-order valence-corrected chi connectivity index (χ3v) is 6.23. The summed E-state index contributed by atoms with van der Waals surface area (Å²) in [7, 11) is 0. The third-order valence-electron chi connectivity index (χ3n) is 6.23. The zero-order chi connectivity index (χ0) is 18.9. The number of ether oxygens (including phenoxy) is 1. The van der Waals surface area contributed by atoms with Crippen molar-refractivity contribution in [3.05, 3.63) is 47.0 Å². The first-order valence-corrected chi connectivity index (χ1v) is 9.25. The molecule has 1 saturated carbocycles. The summed E-state index contributed by atoms with van der Waals surface area (Å²) in [5.74, 6) is 0.953. The van der Waals surface area contributed by atoms with Crippen LogP contribution in [0.4, 0.5) is 4.79 Å². The molecule has 0 saturated heterocycles. The lowest BCUT2D eigenvalue weighted by Crippen LogP contribution is -2.48. The van der Waals surface area contributed by atoms with Gasteiger partial charge in [-0.15, -0.1) is 0 Å². The zero-order valence-electron chi connectivity index (χ0n) is 15.7. The Labute approximate surface area is 155 Å². The monoisotopic (exact) mass is 356 g/mol. The number of hydrogen-bond donors (Lipinski definition) is 2. The van der Waals surface area contributed by atoms with E-state index in [1.54, 1.807) is 0 Å². The molecule has 4 rings (SSSR count). The van der Waals surface area contributed by atoms with Crippen LogP contribution in [0.25, 0.3) is 0 Å². The van der Waals surface area contributed by atoms with E-state index in [2.05, 4.69) is 25.2 Å². The molecule has 0 radical (unpaired) electrons. The Hall–Kier alpha value is -2.30. The Kier molecular flexibility index (Phi) is 5.08. The number of primary amides is 1. The number of amides is 2. The maximum absolute atomic E-state index is 12.4. The number of aryl methyl sites for hydroxylation is 1. The second kappa shape index (κ2) is 7.14. The first kappa shape index (κ1) is 18.5. The van der Waals surface area contributed by atoms with Crippen LogP contribution in [0.2, 0.25) is 0 Å². The average molecular weight is 356 g/mol. The number of carbonyl (C=O) groups is 2. The summed E-state index contributed by atoms with van der Waals surface area (Å²) in [6.45, 7) is 6.88. The van der Waals surface area contributed by atoms with E-state index >= 15 is 0 Å². The van der Waals surface area contributed by atoms with Gasteiger partial charge in [-0.1, -0.05) is 44.2 Å². The lowest BCUT2D eigenvalue weighted by atomic mass is 9.49. The molecule has 2 amide bonds. The van der Waals surface area contributed by atoms with Gasteiger partial charge < -0.3 is 15.8 Å². The number of allylic oxidation sites excluding steroid dienone is 1. The second-order valence-corrected chi connectivity index (χ2v) is 8.10. The minimum absolute atomic E-state index is 0.0672. The van der Waals surface area contributed by atoms with Gasteiger partial charge in [-0.2, -0.15) is 0 Å². The van der Waals surface area contributed by atoms with Gasteiger partial charge in [-0.05, 0) is 53.7 Å². The van der Waals surface area contributed by atoms with Crippen LogP contribution in [0.15, 0.2) is 35.9 Å². The van der Waals surface area contributed by atoms with Crippen molar-refractivity contribution in [1.82, 2.24) is 5.32 Å². The van der Waals surface area contributed by atoms with E-state index in [9.17, 15) is 9.59 Å². The van der Waals surface area contributed by atoms with Crippen LogP contribution in [-0.4, -0.2) is 18.6 Å². The maximum Gasteiger partial charge on any atom is 0.312 e. The molecule has 26 heavy (non-hydrogen) atoms. The molecule has 3 N–H and O–H groups in total. The summed E-state index contributed by atoms with van der Waals surface area (Å²) < 4.78 is 5.54. The van der Waals surface area contributed by atoms with Crippen molar-refractivity contribution in [2.75, 3.05) is 6.61 Å². The quantitative estimate of drug-likeness (QED) is 0.603. The molecule has 1 unspecified atom stereocenters. The number of benzene rings is 1. The molecule has 3 aliphatic carbocycles. The number of carbonyl (C=O) groups excluding carboxylic acids is 2. The highest BCUT2D eigenvalue weighted by atomic mass is 16.5. The van der Waals surface area contributed by atoms with Gasteiger partial charge in [0, 0.05) is 0 Å². The number of fused-ring (bicyclic) bond motifs is 1. The number of esters is 1. The van der Waals surface area contributed by atoms with Crippen LogP contribution in [0, 0.1) is 24.2 Å². The molecule has 3 atom stereocenters. The molecule has 2 bridgehead atoms. The summed E-state index contributed by atoms with van der Waals surface area (Å²) >= 11 is 0. The van der Waals surface area contributed by atoms with Crippen LogP contribution in [0.1, 0.15) is 50.3 Å². The van der Waals surface area contributed by atoms with E-state index in [4.69, 9.17) is 10.5 Å². The summed E-state index contributed by atoms with van der Waals surface area (Å²) in [5.41, 5.74) is 8.71. The van der Waals surface area contributed by atoms with Crippen LogP contribution < -0.4 is 11.1 Å². The highest BCUT2D eigenvalue weighted by molar-refractivity contribution is 5.75. The smallest absolute Gasteiger partial charge is 0.312 e.